The van der Waals surface area contributed by atoms with E-state index >= 15 is 0 Å². The summed E-state index contributed by atoms with van der Waals surface area (Å²) in [5.41, 5.74) is 0. The lowest BCUT2D eigenvalue weighted by Crippen LogP contribution is -2.22. The molecule has 1 heterocycles. The summed E-state index contributed by atoms with van der Waals surface area (Å²) in [6.07, 6.45) is 3.87. The Morgan fingerprint density at radius 3 is 3.00 bits per heavy atom. The van der Waals surface area contributed by atoms with Crippen molar-refractivity contribution in [2.45, 2.75) is 38.7 Å². The van der Waals surface area contributed by atoms with Crippen LogP contribution in [0.1, 0.15) is 32.6 Å². The normalized spacial score (nSPS) is 27.7. The van der Waals surface area contributed by atoms with Crippen LogP contribution in [0.25, 0.3) is 0 Å². The van der Waals surface area contributed by atoms with E-state index in [1.807, 2.05) is 6.92 Å². The van der Waals surface area contributed by atoms with Crippen molar-refractivity contribution in [2.24, 2.45) is 0 Å². The predicted octanol–water partition coefficient (Wildman–Crippen LogP) is 1.49. The molecule has 1 rings (SSSR count). The molecule has 0 N–H and O–H groups in total. The maximum absolute atomic E-state index is 10.6. The first-order valence-corrected chi connectivity index (χ1v) is 3.52. The Bertz CT molecular complexity index is 109. The van der Waals surface area contributed by atoms with Crippen LogP contribution in [0.15, 0.2) is 0 Å². The highest BCUT2D eigenvalue weighted by Crippen LogP contribution is 2.15. The molecule has 0 unspecified atom stereocenters. The van der Waals surface area contributed by atoms with Gasteiger partial charge >= 0.3 is 5.97 Å². The van der Waals surface area contributed by atoms with E-state index in [-0.39, 0.29) is 12.1 Å². The molecule has 0 amide bonds. The van der Waals surface area contributed by atoms with Crippen molar-refractivity contribution < 1.29 is 9.53 Å². The largest absolute Gasteiger partial charge is 0.462 e. The van der Waals surface area contributed by atoms with Crippen LogP contribution in [0.5, 0.6) is 0 Å². The third-order valence-electron chi connectivity index (χ3n) is 1.66. The van der Waals surface area contributed by atoms with E-state index in [9.17, 15) is 4.79 Å². The average Bonchev–Trinajstić information content (AvgIpc) is 1.88. The van der Waals surface area contributed by atoms with Crippen LogP contribution in [-0.4, -0.2) is 12.1 Å². The lowest BCUT2D eigenvalue weighted by atomic mass is 10.1. The number of carbonyl (C=O) groups excluding carboxylic acids is 1. The summed E-state index contributed by atoms with van der Waals surface area (Å²) in [5, 5.41) is 0. The molecule has 2 nitrogen and oxygen atoms in total. The van der Waals surface area contributed by atoms with E-state index < -0.39 is 0 Å². The first-order chi connectivity index (χ1) is 4.33. The Labute approximate surface area is 55.2 Å². The van der Waals surface area contributed by atoms with Crippen LogP contribution >= 0.6 is 0 Å². The zero-order valence-electron chi connectivity index (χ0n) is 5.72. The van der Waals surface area contributed by atoms with E-state index in [2.05, 4.69) is 0 Å². The molecule has 0 aromatic rings. The van der Waals surface area contributed by atoms with Crippen LogP contribution in [0.2, 0.25) is 0 Å². The SMILES string of the molecule is CC[C@@H]1CCCC(=O)O1. The van der Waals surface area contributed by atoms with Gasteiger partial charge in [-0.2, -0.15) is 0 Å². The standard InChI is InChI=1S/C7H12O2/c1-2-6-4-3-5-7(8)9-6/h6H,2-5H2,1H3/t6-/m1/s1. The van der Waals surface area contributed by atoms with Crippen molar-refractivity contribution >= 4 is 5.97 Å². The summed E-state index contributed by atoms with van der Waals surface area (Å²) in [4.78, 5) is 10.6. The molecule has 2 heteroatoms. The van der Waals surface area contributed by atoms with Gasteiger partial charge in [-0.05, 0) is 19.3 Å². The molecular formula is C7H12O2. The lowest BCUT2D eigenvalue weighted by molar-refractivity contribution is -0.153. The minimum atomic E-state index is -0.0203. The van der Waals surface area contributed by atoms with Crippen LogP contribution in [-0.2, 0) is 9.53 Å². The molecule has 1 fully saturated rings. The number of ether oxygens (including phenoxy) is 1. The minimum Gasteiger partial charge on any atom is -0.462 e. The molecule has 1 saturated heterocycles. The molecule has 1 aliphatic rings. The second-order valence-corrected chi connectivity index (χ2v) is 2.41. The van der Waals surface area contributed by atoms with Gasteiger partial charge in [-0.3, -0.25) is 4.79 Å². The predicted molar refractivity (Wildman–Crippen MR) is 34.0 cm³/mol. The smallest absolute Gasteiger partial charge is 0.306 e. The topological polar surface area (TPSA) is 26.3 Å². The Morgan fingerprint density at radius 1 is 1.78 bits per heavy atom. The molecule has 0 aliphatic carbocycles. The number of esters is 1. The first kappa shape index (κ1) is 6.59. The van der Waals surface area contributed by atoms with Crippen LogP contribution < -0.4 is 0 Å². The molecule has 0 aromatic heterocycles. The summed E-state index contributed by atoms with van der Waals surface area (Å²) in [6, 6.07) is 0. The maximum Gasteiger partial charge on any atom is 0.306 e. The summed E-state index contributed by atoms with van der Waals surface area (Å²) in [5.74, 6) is -0.0203. The van der Waals surface area contributed by atoms with E-state index in [0.717, 1.165) is 19.3 Å². The fourth-order valence-corrected chi connectivity index (χ4v) is 1.07. The van der Waals surface area contributed by atoms with Crippen molar-refractivity contribution in [1.82, 2.24) is 0 Å². The highest BCUT2D eigenvalue weighted by atomic mass is 16.5. The van der Waals surface area contributed by atoms with Crippen LogP contribution in [0.3, 0.4) is 0 Å². The van der Waals surface area contributed by atoms with Gasteiger partial charge in [0.2, 0.25) is 0 Å². The van der Waals surface area contributed by atoms with Gasteiger partial charge in [0.15, 0.2) is 0 Å². The third-order valence-corrected chi connectivity index (χ3v) is 1.66. The van der Waals surface area contributed by atoms with E-state index in [4.69, 9.17) is 4.74 Å². The van der Waals surface area contributed by atoms with Gasteiger partial charge in [0, 0.05) is 6.42 Å². The molecule has 0 radical (unpaired) electrons. The molecule has 1 atom stereocenters. The van der Waals surface area contributed by atoms with E-state index in [1.54, 1.807) is 0 Å². The van der Waals surface area contributed by atoms with Gasteiger partial charge in [-0.1, -0.05) is 6.92 Å². The van der Waals surface area contributed by atoms with Gasteiger partial charge in [0.1, 0.15) is 6.10 Å². The van der Waals surface area contributed by atoms with Gasteiger partial charge in [-0.15, -0.1) is 0 Å². The average molecular weight is 128 g/mol. The number of carbonyl (C=O) groups is 1. The van der Waals surface area contributed by atoms with Crippen molar-refractivity contribution in [2.75, 3.05) is 0 Å². The van der Waals surface area contributed by atoms with Gasteiger partial charge in [-0.25, -0.2) is 0 Å². The molecular weight excluding hydrogens is 116 g/mol. The molecule has 9 heavy (non-hydrogen) atoms. The fourth-order valence-electron chi connectivity index (χ4n) is 1.07. The third kappa shape index (κ3) is 1.70. The van der Waals surface area contributed by atoms with Crippen molar-refractivity contribution in [1.29, 1.82) is 0 Å². The van der Waals surface area contributed by atoms with Gasteiger partial charge in [0.05, 0.1) is 0 Å². The minimum absolute atomic E-state index is 0.0203. The number of hydrogen-bond donors (Lipinski definition) is 0. The number of rotatable bonds is 1. The molecule has 0 saturated carbocycles. The maximum atomic E-state index is 10.6. The lowest BCUT2D eigenvalue weighted by Gasteiger charge is -2.20. The van der Waals surface area contributed by atoms with Crippen LogP contribution in [0.4, 0.5) is 0 Å². The molecule has 0 spiro atoms. The number of hydrogen-bond acceptors (Lipinski definition) is 2. The first-order valence-electron chi connectivity index (χ1n) is 3.52. The molecule has 0 bridgehead atoms. The summed E-state index contributed by atoms with van der Waals surface area (Å²) in [6.45, 7) is 2.04. The highest BCUT2D eigenvalue weighted by Gasteiger charge is 2.17. The Hall–Kier alpha value is -0.530. The Morgan fingerprint density at radius 2 is 2.56 bits per heavy atom. The van der Waals surface area contributed by atoms with Crippen molar-refractivity contribution in [3.8, 4) is 0 Å². The van der Waals surface area contributed by atoms with Crippen molar-refractivity contribution in [3.63, 3.8) is 0 Å². The zero-order chi connectivity index (χ0) is 6.69. The Balaban J connectivity index is 2.32. The Kier molecular flexibility index (Phi) is 2.09. The molecule has 1 aliphatic heterocycles. The zero-order valence-corrected chi connectivity index (χ0v) is 5.72. The highest BCUT2D eigenvalue weighted by molar-refractivity contribution is 5.70. The fraction of sp³-hybridized carbons (Fsp3) is 0.857. The van der Waals surface area contributed by atoms with Gasteiger partial charge in [0.25, 0.3) is 0 Å². The summed E-state index contributed by atoms with van der Waals surface area (Å²) < 4.78 is 5.00. The molecule has 0 aromatic carbocycles. The quantitative estimate of drug-likeness (QED) is 0.500. The van der Waals surface area contributed by atoms with Gasteiger partial charge < -0.3 is 4.74 Å². The van der Waals surface area contributed by atoms with E-state index in [0.29, 0.717) is 6.42 Å². The summed E-state index contributed by atoms with van der Waals surface area (Å²) in [7, 11) is 0. The summed E-state index contributed by atoms with van der Waals surface area (Å²) >= 11 is 0. The monoisotopic (exact) mass is 128 g/mol. The number of cyclic esters (lactones) is 1. The van der Waals surface area contributed by atoms with Crippen molar-refractivity contribution in [3.05, 3.63) is 0 Å². The van der Waals surface area contributed by atoms with Crippen LogP contribution in [0, 0.1) is 0 Å². The second-order valence-electron chi connectivity index (χ2n) is 2.41. The second kappa shape index (κ2) is 2.85. The van der Waals surface area contributed by atoms with E-state index in [1.165, 1.54) is 0 Å². The molecule has 52 valence electrons.